The van der Waals surface area contributed by atoms with E-state index < -0.39 is 0 Å². The van der Waals surface area contributed by atoms with Gasteiger partial charge in [-0.05, 0) is 19.3 Å². The Balaban J connectivity index is 1.95. The van der Waals surface area contributed by atoms with Crippen LogP contribution in [0.3, 0.4) is 0 Å². The van der Waals surface area contributed by atoms with E-state index in [1.807, 2.05) is 4.90 Å². The molecule has 0 bridgehead atoms. The molecule has 2 aliphatic rings. The van der Waals surface area contributed by atoms with Crippen molar-refractivity contribution in [3.63, 3.8) is 0 Å². The first-order chi connectivity index (χ1) is 6.27. The van der Waals surface area contributed by atoms with E-state index in [1.165, 1.54) is 0 Å². The van der Waals surface area contributed by atoms with E-state index in [9.17, 15) is 9.90 Å². The Morgan fingerprint density at radius 3 is 2.92 bits per heavy atom. The van der Waals surface area contributed by atoms with E-state index in [0.29, 0.717) is 12.6 Å². The Labute approximate surface area is 77.9 Å². The first-order valence-electron chi connectivity index (χ1n) is 4.95. The molecule has 74 valence electrons. The average molecular weight is 184 g/mol. The maximum absolute atomic E-state index is 11.5. The molecule has 1 amide bonds. The van der Waals surface area contributed by atoms with Crippen molar-refractivity contribution in [2.24, 2.45) is 0 Å². The fraction of sp³-hybridized carbons (Fsp3) is 0.889. The molecule has 1 saturated carbocycles. The van der Waals surface area contributed by atoms with Gasteiger partial charge in [0, 0.05) is 19.1 Å². The molecular weight excluding hydrogens is 168 g/mol. The van der Waals surface area contributed by atoms with Crippen molar-refractivity contribution in [3.8, 4) is 0 Å². The lowest BCUT2D eigenvalue weighted by molar-refractivity contribution is -0.134. The van der Waals surface area contributed by atoms with Gasteiger partial charge in [0.25, 0.3) is 0 Å². The molecule has 4 nitrogen and oxygen atoms in total. The van der Waals surface area contributed by atoms with Crippen molar-refractivity contribution in [2.75, 3.05) is 19.6 Å². The summed E-state index contributed by atoms with van der Waals surface area (Å²) >= 11 is 0. The van der Waals surface area contributed by atoms with Crippen LogP contribution in [0.4, 0.5) is 0 Å². The maximum atomic E-state index is 11.5. The minimum Gasteiger partial charge on any atom is -0.393 e. The van der Waals surface area contributed by atoms with E-state index in [-0.39, 0.29) is 12.0 Å². The van der Waals surface area contributed by atoms with Crippen LogP contribution in [0.2, 0.25) is 0 Å². The van der Waals surface area contributed by atoms with Crippen molar-refractivity contribution in [1.82, 2.24) is 10.2 Å². The second kappa shape index (κ2) is 3.64. The molecule has 4 heteroatoms. The van der Waals surface area contributed by atoms with Crippen LogP contribution in [0, 0.1) is 0 Å². The third-order valence-corrected chi connectivity index (χ3v) is 2.94. The normalized spacial score (nSPS) is 35.5. The summed E-state index contributed by atoms with van der Waals surface area (Å²) in [7, 11) is 0. The molecular formula is C9H16N2O2. The van der Waals surface area contributed by atoms with Gasteiger partial charge in [-0.1, -0.05) is 0 Å². The number of nitrogens with one attached hydrogen (secondary N) is 1. The smallest absolute Gasteiger partial charge is 0.236 e. The molecule has 2 fully saturated rings. The average Bonchev–Trinajstić information content (AvgIpc) is 2.53. The molecule has 0 aromatic heterocycles. The summed E-state index contributed by atoms with van der Waals surface area (Å²) in [4.78, 5) is 13.4. The number of amides is 1. The number of piperazine rings is 1. The molecule has 13 heavy (non-hydrogen) atoms. The van der Waals surface area contributed by atoms with E-state index in [4.69, 9.17) is 0 Å². The lowest BCUT2D eigenvalue weighted by Crippen LogP contribution is -2.51. The Morgan fingerprint density at radius 1 is 1.46 bits per heavy atom. The number of hydrogen-bond donors (Lipinski definition) is 2. The number of carbonyl (C=O) groups excluding carboxylic acids is 1. The van der Waals surface area contributed by atoms with Gasteiger partial charge in [-0.15, -0.1) is 0 Å². The molecule has 1 saturated heterocycles. The summed E-state index contributed by atoms with van der Waals surface area (Å²) in [6, 6.07) is 0.296. The quantitative estimate of drug-likeness (QED) is 0.568. The fourth-order valence-corrected chi connectivity index (χ4v) is 2.22. The minimum atomic E-state index is -0.187. The SMILES string of the molecule is O=C1CNCCN1[C@H]1CC[C@H](O)C1. The Bertz CT molecular complexity index is 208. The Hall–Kier alpha value is -0.610. The van der Waals surface area contributed by atoms with Crippen LogP contribution in [-0.4, -0.2) is 47.7 Å². The van der Waals surface area contributed by atoms with Crippen molar-refractivity contribution < 1.29 is 9.90 Å². The van der Waals surface area contributed by atoms with E-state index in [2.05, 4.69) is 5.32 Å². The van der Waals surface area contributed by atoms with Gasteiger partial charge in [0.15, 0.2) is 0 Å². The molecule has 0 radical (unpaired) electrons. The highest BCUT2D eigenvalue weighted by Gasteiger charge is 2.31. The van der Waals surface area contributed by atoms with Gasteiger partial charge in [-0.2, -0.15) is 0 Å². The van der Waals surface area contributed by atoms with Crippen molar-refractivity contribution in [1.29, 1.82) is 0 Å². The van der Waals surface area contributed by atoms with Crippen LogP contribution in [0.25, 0.3) is 0 Å². The van der Waals surface area contributed by atoms with Crippen LogP contribution in [0.15, 0.2) is 0 Å². The van der Waals surface area contributed by atoms with E-state index in [1.54, 1.807) is 0 Å². The zero-order chi connectivity index (χ0) is 9.26. The number of hydrogen-bond acceptors (Lipinski definition) is 3. The Kier molecular flexibility index (Phi) is 2.51. The minimum absolute atomic E-state index is 0.186. The molecule has 2 rings (SSSR count). The van der Waals surface area contributed by atoms with Crippen LogP contribution in [-0.2, 0) is 4.79 Å². The predicted octanol–water partition coefficient (Wildman–Crippen LogP) is -0.668. The highest BCUT2D eigenvalue weighted by Crippen LogP contribution is 2.24. The third kappa shape index (κ3) is 1.84. The van der Waals surface area contributed by atoms with Gasteiger partial charge in [-0.3, -0.25) is 4.79 Å². The standard InChI is InChI=1S/C9H16N2O2/c12-8-2-1-7(5-8)11-4-3-10-6-9(11)13/h7-8,10,12H,1-6H2/t7-,8-/m0/s1. The number of aliphatic hydroxyl groups excluding tert-OH is 1. The van der Waals surface area contributed by atoms with Crippen molar-refractivity contribution in [2.45, 2.75) is 31.4 Å². The van der Waals surface area contributed by atoms with Gasteiger partial charge >= 0.3 is 0 Å². The van der Waals surface area contributed by atoms with E-state index >= 15 is 0 Å². The number of nitrogens with zero attached hydrogens (tertiary/aromatic N) is 1. The molecule has 0 aromatic carbocycles. The molecule has 2 N–H and O–H groups in total. The molecule has 0 aromatic rings. The highest BCUT2D eigenvalue weighted by molar-refractivity contribution is 5.79. The van der Waals surface area contributed by atoms with Crippen molar-refractivity contribution in [3.05, 3.63) is 0 Å². The second-order valence-corrected chi connectivity index (χ2v) is 3.88. The summed E-state index contributed by atoms with van der Waals surface area (Å²) in [5, 5.41) is 12.4. The van der Waals surface area contributed by atoms with Gasteiger partial charge in [0.2, 0.25) is 5.91 Å². The van der Waals surface area contributed by atoms with Crippen LogP contribution in [0.1, 0.15) is 19.3 Å². The molecule has 1 aliphatic carbocycles. The van der Waals surface area contributed by atoms with Gasteiger partial charge in [0.05, 0.1) is 12.6 Å². The maximum Gasteiger partial charge on any atom is 0.236 e. The molecule has 1 aliphatic heterocycles. The van der Waals surface area contributed by atoms with Crippen LogP contribution in [0.5, 0.6) is 0 Å². The van der Waals surface area contributed by atoms with Crippen molar-refractivity contribution >= 4 is 5.91 Å². The van der Waals surface area contributed by atoms with Crippen LogP contribution >= 0.6 is 0 Å². The summed E-state index contributed by atoms with van der Waals surface area (Å²) in [5.74, 6) is 0.186. The molecule has 0 spiro atoms. The predicted molar refractivity (Wildman–Crippen MR) is 48.2 cm³/mol. The number of carbonyl (C=O) groups is 1. The lowest BCUT2D eigenvalue weighted by atomic mass is 10.2. The van der Waals surface area contributed by atoms with Crippen LogP contribution < -0.4 is 5.32 Å². The highest BCUT2D eigenvalue weighted by atomic mass is 16.3. The number of rotatable bonds is 1. The number of aliphatic hydroxyl groups is 1. The molecule has 1 heterocycles. The summed E-state index contributed by atoms with van der Waals surface area (Å²) in [5.41, 5.74) is 0. The second-order valence-electron chi connectivity index (χ2n) is 3.88. The van der Waals surface area contributed by atoms with Gasteiger partial charge in [0.1, 0.15) is 0 Å². The largest absolute Gasteiger partial charge is 0.393 e. The zero-order valence-corrected chi connectivity index (χ0v) is 7.70. The first kappa shape index (κ1) is 8.97. The molecule has 2 atom stereocenters. The zero-order valence-electron chi connectivity index (χ0n) is 7.70. The molecule has 0 unspecified atom stereocenters. The Morgan fingerprint density at radius 2 is 2.31 bits per heavy atom. The summed E-state index contributed by atoms with van der Waals surface area (Å²) < 4.78 is 0. The third-order valence-electron chi connectivity index (χ3n) is 2.94. The summed E-state index contributed by atoms with van der Waals surface area (Å²) in [6.45, 7) is 2.15. The monoisotopic (exact) mass is 184 g/mol. The first-order valence-corrected chi connectivity index (χ1v) is 4.95. The van der Waals surface area contributed by atoms with Gasteiger partial charge in [-0.25, -0.2) is 0 Å². The lowest BCUT2D eigenvalue weighted by Gasteiger charge is -2.32. The fourth-order valence-electron chi connectivity index (χ4n) is 2.22. The summed E-state index contributed by atoms with van der Waals surface area (Å²) in [6.07, 6.45) is 2.40. The topological polar surface area (TPSA) is 52.6 Å². The van der Waals surface area contributed by atoms with E-state index in [0.717, 1.165) is 32.4 Å². The van der Waals surface area contributed by atoms with Gasteiger partial charge < -0.3 is 15.3 Å².